The molecule has 18 heavy (non-hydrogen) atoms. The van der Waals surface area contributed by atoms with Crippen LogP contribution >= 0.6 is 0 Å². The number of hydrogen-bond donors (Lipinski definition) is 2. The van der Waals surface area contributed by atoms with Crippen LogP contribution < -0.4 is 5.32 Å². The van der Waals surface area contributed by atoms with E-state index >= 15 is 0 Å². The van der Waals surface area contributed by atoms with Gasteiger partial charge in [0.2, 0.25) is 0 Å². The van der Waals surface area contributed by atoms with E-state index in [9.17, 15) is 18.3 Å². The molecule has 2 rings (SSSR count). The third-order valence-electron chi connectivity index (χ3n) is 3.35. The number of aromatic nitrogens is 2. The fourth-order valence-corrected chi connectivity index (χ4v) is 1.92. The lowest BCUT2D eigenvalue weighted by atomic mass is 9.69. The second kappa shape index (κ2) is 4.72. The van der Waals surface area contributed by atoms with Crippen LogP contribution in [0.1, 0.15) is 25.0 Å². The Morgan fingerprint density at radius 2 is 2.00 bits per heavy atom. The van der Waals surface area contributed by atoms with E-state index in [0.717, 1.165) is 25.3 Å². The molecule has 1 aromatic rings. The summed E-state index contributed by atoms with van der Waals surface area (Å²) in [5.74, 6) is 0.294. The first-order chi connectivity index (χ1) is 8.45. The maximum Gasteiger partial charge on any atom is 0.435 e. The Kier molecular flexibility index (Phi) is 3.43. The van der Waals surface area contributed by atoms with E-state index in [4.69, 9.17) is 0 Å². The van der Waals surface area contributed by atoms with Gasteiger partial charge in [-0.25, -0.2) is 0 Å². The number of alkyl halides is 3. The maximum absolute atomic E-state index is 12.3. The van der Waals surface area contributed by atoms with Gasteiger partial charge in [0.05, 0.1) is 6.61 Å². The van der Waals surface area contributed by atoms with Crippen molar-refractivity contribution in [2.24, 2.45) is 5.41 Å². The van der Waals surface area contributed by atoms with Crippen LogP contribution in [0.4, 0.5) is 19.0 Å². The third kappa shape index (κ3) is 2.72. The number of anilines is 1. The van der Waals surface area contributed by atoms with E-state index in [1.54, 1.807) is 0 Å². The van der Waals surface area contributed by atoms with Crippen LogP contribution in [0.15, 0.2) is 12.1 Å². The zero-order chi connectivity index (χ0) is 13.2. The SMILES string of the molecule is OCC1(CNc2ccc(C(F)(F)F)nn2)CCC1. The fourth-order valence-electron chi connectivity index (χ4n) is 1.92. The van der Waals surface area contributed by atoms with E-state index in [1.807, 2.05) is 0 Å². The van der Waals surface area contributed by atoms with Crippen molar-refractivity contribution in [2.75, 3.05) is 18.5 Å². The van der Waals surface area contributed by atoms with Gasteiger partial charge in [0.25, 0.3) is 0 Å². The molecule has 0 radical (unpaired) electrons. The summed E-state index contributed by atoms with van der Waals surface area (Å²) in [5, 5.41) is 18.8. The van der Waals surface area contributed by atoms with Crippen LogP contribution in [0.25, 0.3) is 0 Å². The molecule has 1 saturated carbocycles. The molecule has 1 aliphatic carbocycles. The zero-order valence-corrected chi connectivity index (χ0v) is 9.67. The minimum atomic E-state index is -4.47. The Hall–Kier alpha value is -1.37. The second-order valence-corrected chi connectivity index (χ2v) is 4.67. The topological polar surface area (TPSA) is 58.0 Å². The van der Waals surface area contributed by atoms with Crippen molar-refractivity contribution in [2.45, 2.75) is 25.4 Å². The van der Waals surface area contributed by atoms with Crippen molar-refractivity contribution in [1.29, 1.82) is 0 Å². The monoisotopic (exact) mass is 261 g/mol. The summed E-state index contributed by atoms with van der Waals surface area (Å²) in [5.41, 5.74) is -1.15. The molecule has 0 amide bonds. The van der Waals surface area contributed by atoms with Crippen LogP contribution in [0.3, 0.4) is 0 Å². The Labute approximate surface area is 102 Å². The standard InChI is InChI=1S/C11H14F3N3O/c12-11(13,14)8-2-3-9(17-16-8)15-6-10(7-18)4-1-5-10/h2-3,18H,1,4-7H2,(H,15,17). The van der Waals surface area contributed by atoms with Crippen molar-refractivity contribution < 1.29 is 18.3 Å². The zero-order valence-electron chi connectivity index (χ0n) is 9.67. The smallest absolute Gasteiger partial charge is 0.396 e. The predicted molar refractivity (Wildman–Crippen MR) is 58.9 cm³/mol. The number of hydrogen-bond acceptors (Lipinski definition) is 4. The van der Waals surface area contributed by atoms with Gasteiger partial charge in [0.1, 0.15) is 5.82 Å². The minimum absolute atomic E-state index is 0.0774. The second-order valence-electron chi connectivity index (χ2n) is 4.67. The van der Waals surface area contributed by atoms with Gasteiger partial charge in [0.15, 0.2) is 5.69 Å². The van der Waals surface area contributed by atoms with Crippen LogP contribution in [0.2, 0.25) is 0 Å². The van der Waals surface area contributed by atoms with E-state index in [1.165, 1.54) is 6.07 Å². The lowest BCUT2D eigenvalue weighted by molar-refractivity contribution is -0.141. The summed E-state index contributed by atoms with van der Waals surface area (Å²) in [4.78, 5) is 0. The largest absolute Gasteiger partial charge is 0.435 e. The van der Waals surface area contributed by atoms with Crippen LogP contribution in [0, 0.1) is 5.41 Å². The molecule has 0 atom stereocenters. The Bertz CT molecular complexity index is 395. The highest BCUT2D eigenvalue weighted by Gasteiger charge is 2.36. The highest BCUT2D eigenvalue weighted by molar-refractivity contribution is 5.33. The number of rotatable bonds is 4. The molecule has 0 aliphatic heterocycles. The first-order valence-electron chi connectivity index (χ1n) is 5.71. The van der Waals surface area contributed by atoms with Gasteiger partial charge in [0, 0.05) is 12.0 Å². The lowest BCUT2D eigenvalue weighted by Gasteiger charge is -2.40. The molecular formula is C11H14F3N3O. The van der Waals surface area contributed by atoms with Gasteiger partial charge in [-0.15, -0.1) is 10.2 Å². The van der Waals surface area contributed by atoms with Gasteiger partial charge in [-0.1, -0.05) is 6.42 Å². The number of aliphatic hydroxyl groups is 1. The predicted octanol–water partition coefficient (Wildman–Crippen LogP) is 2.07. The summed E-state index contributed by atoms with van der Waals surface area (Å²) in [6, 6.07) is 2.14. The average molecular weight is 261 g/mol. The van der Waals surface area contributed by atoms with Crippen molar-refractivity contribution in [3.63, 3.8) is 0 Å². The summed E-state index contributed by atoms with van der Waals surface area (Å²) in [6.07, 6.45) is -1.55. The maximum atomic E-state index is 12.3. The van der Waals surface area contributed by atoms with E-state index < -0.39 is 11.9 Å². The molecule has 1 fully saturated rings. The molecule has 0 spiro atoms. The Morgan fingerprint density at radius 1 is 1.28 bits per heavy atom. The van der Waals surface area contributed by atoms with E-state index in [0.29, 0.717) is 12.4 Å². The van der Waals surface area contributed by atoms with Gasteiger partial charge in [-0.05, 0) is 25.0 Å². The normalized spacial score (nSPS) is 18.2. The molecule has 100 valence electrons. The molecule has 1 aromatic heterocycles. The number of nitrogens with zero attached hydrogens (tertiary/aromatic N) is 2. The first-order valence-corrected chi connectivity index (χ1v) is 5.71. The van der Waals surface area contributed by atoms with Crippen molar-refractivity contribution >= 4 is 5.82 Å². The molecule has 1 aliphatic rings. The number of halogens is 3. The van der Waals surface area contributed by atoms with Gasteiger partial charge in [-0.2, -0.15) is 13.2 Å². The Balaban J connectivity index is 1.94. The van der Waals surface area contributed by atoms with Gasteiger partial charge >= 0.3 is 6.18 Å². The van der Waals surface area contributed by atoms with Crippen molar-refractivity contribution in [3.05, 3.63) is 17.8 Å². The number of nitrogens with one attached hydrogen (secondary N) is 1. The van der Waals surface area contributed by atoms with Gasteiger partial charge < -0.3 is 10.4 Å². The summed E-state index contributed by atoms with van der Waals surface area (Å²) in [7, 11) is 0. The molecule has 0 bridgehead atoms. The molecule has 0 unspecified atom stereocenters. The lowest BCUT2D eigenvalue weighted by Crippen LogP contribution is -2.40. The summed E-state index contributed by atoms with van der Waals surface area (Å²) >= 11 is 0. The highest BCUT2D eigenvalue weighted by Crippen LogP contribution is 2.40. The third-order valence-corrected chi connectivity index (χ3v) is 3.35. The quantitative estimate of drug-likeness (QED) is 0.871. The van der Waals surface area contributed by atoms with Crippen molar-refractivity contribution in [3.8, 4) is 0 Å². The molecule has 2 N–H and O–H groups in total. The van der Waals surface area contributed by atoms with Crippen LogP contribution in [-0.4, -0.2) is 28.5 Å². The molecule has 0 aromatic carbocycles. The summed E-state index contributed by atoms with van der Waals surface area (Å²) < 4.78 is 36.8. The molecule has 0 saturated heterocycles. The average Bonchev–Trinajstić information content (AvgIpc) is 2.28. The van der Waals surface area contributed by atoms with E-state index in [2.05, 4.69) is 15.5 Å². The first kappa shape index (κ1) is 13.1. The van der Waals surface area contributed by atoms with E-state index in [-0.39, 0.29) is 12.0 Å². The van der Waals surface area contributed by atoms with Crippen molar-refractivity contribution in [1.82, 2.24) is 10.2 Å². The Morgan fingerprint density at radius 3 is 2.39 bits per heavy atom. The number of aliphatic hydroxyl groups excluding tert-OH is 1. The highest BCUT2D eigenvalue weighted by atomic mass is 19.4. The molecule has 4 nitrogen and oxygen atoms in total. The molecular weight excluding hydrogens is 247 g/mol. The summed E-state index contributed by atoms with van der Waals surface area (Å²) in [6.45, 7) is 0.581. The minimum Gasteiger partial charge on any atom is -0.396 e. The van der Waals surface area contributed by atoms with Gasteiger partial charge in [-0.3, -0.25) is 0 Å². The molecule has 7 heteroatoms. The van der Waals surface area contributed by atoms with Crippen LogP contribution in [-0.2, 0) is 6.18 Å². The molecule has 1 heterocycles. The van der Waals surface area contributed by atoms with Crippen LogP contribution in [0.5, 0.6) is 0 Å². The fraction of sp³-hybridized carbons (Fsp3) is 0.636.